The molecule has 29 heavy (non-hydrogen) atoms. The molecular weight excluding hydrogens is 360 g/mol. The summed E-state index contributed by atoms with van der Waals surface area (Å²) in [7, 11) is 1.65. The summed E-state index contributed by atoms with van der Waals surface area (Å²) in [5.74, 6) is 7.30. The van der Waals surface area contributed by atoms with Crippen molar-refractivity contribution in [1.29, 1.82) is 0 Å². The number of pyridine rings is 1. The largest absolute Gasteiger partial charge is 0.506 e. The lowest BCUT2D eigenvalue weighted by Crippen LogP contribution is -1.89. The van der Waals surface area contributed by atoms with Crippen LogP contribution in [0.2, 0.25) is 0 Å². The maximum Gasteiger partial charge on any atom is 0.141 e. The molecule has 1 aromatic heterocycles. The number of rotatable bonds is 3. The Labute approximate surface area is 169 Å². The summed E-state index contributed by atoms with van der Waals surface area (Å²) in [6.45, 7) is 0. The van der Waals surface area contributed by atoms with Crippen molar-refractivity contribution in [2.24, 2.45) is 4.99 Å². The van der Waals surface area contributed by atoms with Crippen LogP contribution < -0.4 is 4.74 Å². The molecule has 1 heterocycles. The quantitative estimate of drug-likeness (QED) is 0.399. The topological polar surface area (TPSA) is 54.7 Å². The van der Waals surface area contributed by atoms with Crippen LogP contribution in [0.25, 0.3) is 10.9 Å². The molecule has 0 atom stereocenters. The summed E-state index contributed by atoms with van der Waals surface area (Å²) in [5.41, 5.74) is 3.95. The van der Waals surface area contributed by atoms with Crippen LogP contribution >= 0.6 is 0 Å². The average molecular weight is 378 g/mol. The van der Waals surface area contributed by atoms with E-state index < -0.39 is 0 Å². The first kappa shape index (κ1) is 18.3. The zero-order chi connectivity index (χ0) is 20.1. The van der Waals surface area contributed by atoms with Gasteiger partial charge in [-0.15, -0.1) is 0 Å². The van der Waals surface area contributed by atoms with E-state index in [1.54, 1.807) is 31.5 Å². The Morgan fingerprint density at radius 2 is 1.66 bits per heavy atom. The van der Waals surface area contributed by atoms with Gasteiger partial charge in [-0.3, -0.25) is 4.99 Å². The maximum atomic E-state index is 9.80. The monoisotopic (exact) mass is 378 g/mol. The van der Waals surface area contributed by atoms with Gasteiger partial charge in [-0.05, 0) is 60.7 Å². The van der Waals surface area contributed by atoms with E-state index in [9.17, 15) is 5.11 Å². The van der Waals surface area contributed by atoms with Crippen molar-refractivity contribution in [3.63, 3.8) is 0 Å². The van der Waals surface area contributed by atoms with E-state index in [-0.39, 0.29) is 5.75 Å². The van der Waals surface area contributed by atoms with Crippen molar-refractivity contribution in [2.75, 3.05) is 7.11 Å². The molecule has 0 radical (unpaired) electrons. The van der Waals surface area contributed by atoms with Crippen LogP contribution in [0.5, 0.6) is 11.5 Å². The minimum Gasteiger partial charge on any atom is -0.506 e. The molecule has 0 aliphatic carbocycles. The number of fused-ring (bicyclic) bond motifs is 1. The lowest BCUT2D eigenvalue weighted by molar-refractivity contribution is 0.415. The van der Waals surface area contributed by atoms with Crippen LogP contribution in [-0.2, 0) is 0 Å². The van der Waals surface area contributed by atoms with Gasteiger partial charge < -0.3 is 9.84 Å². The van der Waals surface area contributed by atoms with Crippen LogP contribution in [0, 0.1) is 11.8 Å². The first-order valence-corrected chi connectivity index (χ1v) is 9.10. The van der Waals surface area contributed by atoms with Crippen molar-refractivity contribution < 1.29 is 9.84 Å². The third kappa shape index (κ3) is 4.42. The van der Waals surface area contributed by atoms with Gasteiger partial charge in [0.15, 0.2) is 0 Å². The van der Waals surface area contributed by atoms with E-state index in [1.165, 1.54) is 0 Å². The molecule has 4 aromatic rings. The molecule has 4 heteroatoms. The molecule has 0 saturated carbocycles. The zero-order valence-electron chi connectivity index (χ0n) is 15.8. The fraction of sp³-hybridized carbons (Fsp3) is 0.0400. The lowest BCUT2D eigenvalue weighted by Gasteiger charge is -2.01. The summed E-state index contributed by atoms with van der Waals surface area (Å²) >= 11 is 0. The number of hydrogen-bond acceptors (Lipinski definition) is 4. The number of aromatic nitrogens is 1. The maximum absolute atomic E-state index is 9.80. The molecule has 1 N–H and O–H groups in total. The number of phenolic OH excluding ortho intramolecular Hbond substituents is 1. The van der Waals surface area contributed by atoms with Crippen molar-refractivity contribution in [2.45, 2.75) is 0 Å². The third-order valence-electron chi connectivity index (χ3n) is 4.37. The van der Waals surface area contributed by atoms with E-state index in [0.29, 0.717) is 5.69 Å². The molecule has 0 amide bonds. The van der Waals surface area contributed by atoms with Gasteiger partial charge in [-0.2, -0.15) is 0 Å². The number of aliphatic imine (C=N–C) groups is 1. The van der Waals surface area contributed by atoms with Crippen molar-refractivity contribution in [3.8, 4) is 23.3 Å². The Kier molecular flexibility index (Phi) is 5.22. The van der Waals surface area contributed by atoms with Gasteiger partial charge in [0.05, 0.1) is 24.5 Å². The summed E-state index contributed by atoms with van der Waals surface area (Å²) in [6, 6.07) is 24.4. The Morgan fingerprint density at radius 3 is 2.45 bits per heavy atom. The van der Waals surface area contributed by atoms with E-state index in [0.717, 1.165) is 33.5 Å². The molecule has 4 rings (SSSR count). The standard InChI is InChI=1S/C25H18N2O2/c1-29-22-13-8-18(9-14-22)6-7-19-10-15-23-20(16-19)11-12-21(27-23)17-26-24-4-2-3-5-25(24)28/h2-5,8-17,28H,1H3. The Hall–Kier alpha value is -4.10. The highest BCUT2D eigenvalue weighted by Gasteiger charge is 2.00. The molecule has 0 aliphatic rings. The van der Waals surface area contributed by atoms with E-state index >= 15 is 0 Å². The Balaban J connectivity index is 1.55. The van der Waals surface area contributed by atoms with Gasteiger partial charge in [-0.1, -0.05) is 30.0 Å². The molecule has 0 unspecified atom stereocenters. The molecular formula is C25H18N2O2. The first-order valence-electron chi connectivity index (χ1n) is 9.10. The summed E-state index contributed by atoms with van der Waals surface area (Å²) < 4.78 is 5.16. The van der Waals surface area contributed by atoms with Crippen LogP contribution in [0.4, 0.5) is 5.69 Å². The molecule has 0 saturated heterocycles. The van der Waals surface area contributed by atoms with Gasteiger partial charge in [0, 0.05) is 16.5 Å². The van der Waals surface area contributed by atoms with Crippen molar-refractivity contribution in [3.05, 3.63) is 95.7 Å². The fourth-order valence-electron chi connectivity index (χ4n) is 2.82. The highest BCUT2D eigenvalue weighted by Crippen LogP contribution is 2.24. The summed E-state index contributed by atoms with van der Waals surface area (Å²) in [4.78, 5) is 8.91. The fourth-order valence-corrected chi connectivity index (χ4v) is 2.82. The minimum absolute atomic E-state index is 0.143. The van der Waals surface area contributed by atoms with Crippen LogP contribution in [0.1, 0.15) is 16.8 Å². The second-order valence-electron chi connectivity index (χ2n) is 6.37. The number of nitrogens with zero attached hydrogens (tertiary/aromatic N) is 2. The van der Waals surface area contributed by atoms with Crippen molar-refractivity contribution >= 4 is 22.8 Å². The predicted octanol–water partition coefficient (Wildman–Crippen LogP) is 5.10. The number of para-hydroxylation sites is 2. The molecule has 0 bridgehead atoms. The molecule has 140 valence electrons. The number of hydrogen-bond donors (Lipinski definition) is 1. The van der Waals surface area contributed by atoms with Gasteiger partial charge in [-0.25, -0.2) is 4.98 Å². The predicted molar refractivity (Wildman–Crippen MR) is 116 cm³/mol. The number of ether oxygens (including phenoxy) is 1. The Bertz CT molecular complexity index is 1250. The highest BCUT2D eigenvalue weighted by atomic mass is 16.5. The van der Waals surface area contributed by atoms with E-state index in [2.05, 4.69) is 21.8 Å². The molecule has 0 aliphatic heterocycles. The lowest BCUT2D eigenvalue weighted by atomic mass is 10.1. The number of methoxy groups -OCH3 is 1. The Morgan fingerprint density at radius 1 is 0.897 bits per heavy atom. The highest BCUT2D eigenvalue weighted by molar-refractivity contribution is 5.87. The van der Waals surface area contributed by atoms with Crippen LogP contribution in [0.15, 0.2) is 83.9 Å². The van der Waals surface area contributed by atoms with Gasteiger partial charge >= 0.3 is 0 Å². The molecule has 3 aromatic carbocycles. The van der Waals surface area contributed by atoms with E-state index in [4.69, 9.17) is 4.74 Å². The van der Waals surface area contributed by atoms with Crippen LogP contribution in [0.3, 0.4) is 0 Å². The van der Waals surface area contributed by atoms with Gasteiger partial charge in [0.25, 0.3) is 0 Å². The summed E-state index contributed by atoms with van der Waals surface area (Å²) in [5, 5.41) is 10.8. The normalized spacial score (nSPS) is 10.7. The molecule has 4 nitrogen and oxygen atoms in total. The first-order chi connectivity index (χ1) is 14.2. The number of aromatic hydroxyl groups is 1. The van der Waals surface area contributed by atoms with Crippen molar-refractivity contribution in [1.82, 2.24) is 4.98 Å². The second kappa shape index (κ2) is 8.28. The SMILES string of the molecule is COc1ccc(C#Cc2ccc3nc(C=Nc4ccccc4O)ccc3c2)cc1. The third-order valence-corrected chi connectivity index (χ3v) is 4.37. The van der Waals surface area contributed by atoms with Gasteiger partial charge in [0.2, 0.25) is 0 Å². The van der Waals surface area contributed by atoms with Crippen LogP contribution in [-0.4, -0.2) is 23.4 Å². The minimum atomic E-state index is 0.143. The zero-order valence-corrected chi connectivity index (χ0v) is 15.8. The average Bonchev–Trinajstić information content (AvgIpc) is 2.77. The second-order valence-corrected chi connectivity index (χ2v) is 6.37. The molecule has 0 spiro atoms. The molecule has 0 fully saturated rings. The smallest absolute Gasteiger partial charge is 0.141 e. The number of phenols is 1. The van der Waals surface area contributed by atoms with E-state index in [1.807, 2.05) is 60.7 Å². The van der Waals surface area contributed by atoms with Gasteiger partial charge in [0.1, 0.15) is 17.2 Å². The number of benzene rings is 3. The summed E-state index contributed by atoms with van der Waals surface area (Å²) in [6.07, 6.45) is 1.64.